The Balaban J connectivity index is 1.49. The van der Waals surface area contributed by atoms with Crippen LogP contribution in [0.25, 0.3) is 0 Å². The van der Waals surface area contributed by atoms with Crippen molar-refractivity contribution in [3.05, 3.63) is 70.9 Å². The standard InChI is InChI=1S/C22H23N3O4/c1-28-16-7-3-14(4-8-16)11-12-25-13-18-19(21(25)26)20(24-22(27)23-18)15-5-9-17(29-2)10-6-15/h3-10,20H,11-13H2,1-2H3,(H2,23,24,27). The van der Waals surface area contributed by atoms with Gasteiger partial charge >= 0.3 is 6.03 Å². The average Bonchev–Trinajstić information content (AvgIpc) is 3.07. The second kappa shape index (κ2) is 7.87. The molecule has 1 unspecified atom stereocenters. The molecule has 2 N–H and O–H groups in total. The van der Waals surface area contributed by atoms with Gasteiger partial charge in [0, 0.05) is 6.54 Å². The van der Waals surface area contributed by atoms with E-state index in [0.717, 1.165) is 29.0 Å². The van der Waals surface area contributed by atoms with E-state index in [0.29, 0.717) is 24.4 Å². The topological polar surface area (TPSA) is 79.9 Å². The van der Waals surface area contributed by atoms with Crippen LogP contribution in [0.3, 0.4) is 0 Å². The first-order valence-corrected chi connectivity index (χ1v) is 9.45. The van der Waals surface area contributed by atoms with Crippen LogP contribution in [0.5, 0.6) is 11.5 Å². The number of carbonyl (C=O) groups is 2. The lowest BCUT2D eigenvalue weighted by Gasteiger charge is -2.25. The highest BCUT2D eigenvalue weighted by atomic mass is 16.5. The maximum atomic E-state index is 13.1. The lowest BCUT2D eigenvalue weighted by atomic mass is 9.96. The summed E-state index contributed by atoms with van der Waals surface area (Å²) in [4.78, 5) is 27.0. The molecule has 4 rings (SSSR count). The monoisotopic (exact) mass is 393 g/mol. The number of urea groups is 1. The van der Waals surface area contributed by atoms with Gasteiger partial charge in [0.15, 0.2) is 0 Å². The van der Waals surface area contributed by atoms with Gasteiger partial charge in [-0.15, -0.1) is 0 Å². The van der Waals surface area contributed by atoms with Crippen LogP contribution in [0.1, 0.15) is 17.2 Å². The number of amides is 3. The van der Waals surface area contributed by atoms with Crippen molar-refractivity contribution in [2.45, 2.75) is 12.5 Å². The van der Waals surface area contributed by atoms with E-state index in [4.69, 9.17) is 9.47 Å². The van der Waals surface area contributed by atoms with E-state index in [2.05, 4.69) is 10.6 Å². The molecule has 3 amide bonds. The number of methoxy groups -OCH3 is 2. The smallest absolute Gasteiger partial charge is 0.319 e. The van der Waals surface area contributed by atoms with Crippen LogP contribution in [0.15, 0.2) is 59.8 Å². The van der Waals surface area contributed by atoms with Crippen LogP contribution in [0, 0.1) is 0 Å². The highest BCUT2D eigenvalue weighted by Gasteiger charge is 2.40. The van der Waals surface area contributed by atoms with Crippen LogP contribution in [0.4, 0.5) is 4.79 Å². The van der Waals surface area contributed by atoms with Crippen molar-refractivity contribution in [2.75, 3.05) is 27.3 Å². The van der Waals surface area contributed by atoms with Gasteiger partial charge in [-0.3, -0.25) is 4.79 Å². The van der Waals surface area contributed by atoms with Crippen LogP contribution < -0.4 is 20.1 Å². The summed E-state index contributed by atoms with van der Waals surface area (Å²) in [7, 11) is 3.23. The molecule has 0 fully saturated rings. The van der Waals surface area contributed by atoms with Gasteiger partial charge in [-0.2, -0.15) is 0 Å². The maximum absolute atomic E-state index is 13.1. The van der Waals surface area contributed by atoms with Gasteiger partial charge in [-0.05, 0) is 41.8 Å². The Hall–Kier alpha value is -3.48. The van der Waals surface area contributed by atoms with Gasteiger partial charge in [-0.25, -0.2) is 4.79 Å². The van der Waals surface area contributed by atoms with Gasteiger partial charge < -0.3 is 25.0 Å². The van der Waals surface area contributed by atoms with Crippen molar-refractivity contribution in [1.82, 2.24) is 15.5 Å². The third-order valence-corrected chi connectivity index (χ3v) is 5.30. The van der Waals surface area contributed by atoms with Gasteiger partial charge in [0.1, 0.15) is 11.5 Å². The van der Waals surface area contributed by atoms with Crippen molar-refractivity contribution in [1.29, 1.82) is 0 Å². The summed E-state index contributed by atoms with van der Waals surface area (Å²) >= 11 is 0. The Morgan fingerprint density at radius 1 is 0.966 bits per heavy atom. The van der Waals surface area contributed by atoms with Crippen molar-refractivity contribution in [2.24, 2.45) is 0 Å². The predicted molar refractivity (Wildman–Crippen MR) is 108 cm³/mol. The van der Waals surface area contributed by atoms with E-state index < -0.39 is 6.04 Å². The minimum absolute atomic E-state index is 0.0539. The molecule has 2 aliphatic rings. The fourth-order valence-corrected chi connectivity index (χ4v) is 3.71. The molecular formula is C22H23N3O4. The molecule has 2 aliphatic heterocycles. The number of hydrogen-bond donors (Lipinski definition) is 2. The first-order chi connectivity index (χ1) is 14.1. The van der Waals surface area contributed by atoms with Crippen molar-refractivity contribution >= 4 is 11.9 Å². The summed E-state index contributed by atoms with van der Waals surface area (Å²) in [6.07, 6.45) is 0.727. The zero-order chi connectivity index (χ0) is 20.4. The third kappa shape index (κ3) is 3.76. The van der Waals surface area contributed by atoms with Crippen molar-refractivity contribution in [3.63, 3.8) is 0 Å². The van der Waals surface area contributed by atoms with Gasteiger partial charge in [0.25, 0.3) is 5.91 Å². The third-order valence-electron chi connectivity index (χ3n) is 5.30. The Bertz CT molecular complexity index is 951. The normalized spacial score (nSPS) is 18.3. The SMILES string of the molecule is COc1ccc(CCN2CC3=C(C2=O)C(c2ccc(OC)cc2)NC(=O)N3)cc1. The van der Waals surface area contributed by atoms with Gasteiger partial charge in [-0.1, -0.05) is 24.3 Å². The Morgan fingerprint density at radius 3 is 2.21 bits per heavy atom. The molecule has 0 radical (unpaired) electrons. The molecule has 29 heavy (non-hydrogen) atoms. The molecule has 0 saturated carbocycles. The largest absolute Gasteiger partial charge is 0.497 e. The van der Waals surface area contributed by atoms with Crippen LogP contribution in [0.2, 0.25) is 0 Å². The molecule has 7 heteroatoms. The number of carbonyl (C=O) groups excluding carboxylic acids is 2. The van der Waals surface area contributed by atoms with Crippen LogP contribution >= 0.6 is 0 Å². The minimum Gasteiger partial charge on any atom is -0.497 e. The molecule has 2 heterocycles. The summed E-state index contributed by atoms with van der Waals surface area (Å²) < 4.78 is 10.4. The van der Waals surface area contributed by atoms with Crippen LogP contribution in [-0.2, 0) is 11.2 Å². The fourth-order valence-electron chi connectivity index (χ4n) is 3.71. The zero-order valence-electron chi connectivity index (χ0n) is 16.4. The molecule has 1 atom stereocenters. The van der Waals surface area contributed by atoms with Crippen LogP contribution in [-0.4, -0.2) is 44.1 Å². The molecule has 2 aromatic carbocycles. The highest BCUT2D eigenvalue weighted by Crippen LogP contribution is 2.33. The Labute approximate surface area is 169 Å². The molecule has 0 saturated heterocycles. The summed E-state index contributed by atoms with van der Waals surface area (Å²) in [5, 5.41) is 5.67. The molecule has 0 aromatic heterocycles. The number of rotatable bonds is 6. The fraction of sp³-hybridized carbons (Fsp3) is 0.273. The Morgan fingerprint density at radius 2 is 1.59 bits per heavy atom. The summed E-state index contributed by atoms with van der Waals surface area (Å²) in [6.45, 7) is 0.980. The Kier molecular flexibility index (Phi) is 5.12. The van der Waals surface area contributed by atoms with E-state index >= 15 is 0 Å². The maximum Gasteiger partial charge on any atom is 0.319 e. The molecule has 0 bridgehead atoms. The number of nitrogens with one attached hydrogen (secondary N) is 2. The molecular weight excluding hydrogens is 370 g/mol. The van der Waals surface area contributed by atoms with Crippen molar-refractivity contribution < 1.29 is 19.1 Å². The molecule has 0 aliphatic carbocycles. The summed E-state index contributed by atoms with van der Waals surface area (Å²) in [6, 6.07) is 14.4. The van der Waals surface area contributed by atoms with E-state index in [1.54, 1.807) is 19.1 Å². The molecule has 2 aromatic rings. The first-order valence-electron chi connectivity index (χ1n) is 9.45. The van der Waals surface area contributed by atoms with Gasteiger partial charge in [0.05, 0.1) is 38.1 Å². The van der Waals surface area contributed by atoms with E-state index in [-0.39, 0.29) is 11.9 Å². The summed E-state index contributed by atoms with van der Waals surface area (Å²) in [5.74, 6) is 1.48. The molecule has 150 valence electrons. The quantitative estimate of drug-likeness (QED) is 0.790. The molecule has 7 nitrogen and oxygen atoms in total. The lowest BCUT2D eigenvalue weighted by Crippen LogP contribution is -2.44. The van der Waals surface area contributed by atoms with E-state index in [9.17, 15) is 9.59 Å². The number of ether oxygens (including phenoxy) is 2. The van der Waals surface area contributed by atoms with Gasteiger partial charge in [0.2, 0.25) is 0 Å². The minimum atomic E-state index is -0.469. The second-order valence-corrected chi connectivity index (χ2v) is 7.02. The average molecular weight is 393 g/mol. The zero-order valence-corrected chi connectivity index (χ0v) is 16.4. The predicted octanol–water partition coefficient (Wildman–Crippen LogP) is 2.40. The number of hydrogen-bond acceptors (Lipinski definition) is 4. The number of nitrogens with zero attached hydrogens (tertiary/aromatic N) is 1. The van der Waals surface area contributed by atoms with E-state index in [1.165, 1.54) is 0 Å². The first kappa shape index (κ1) is 18.9. The second-order valence-electron chi connectivity index (χ2n) is 7.02. The highest BCUT2D eigenvalue weighted by molar-refractivity contribution is 6.01. The number of benzene rings is 2. The molecule has 0 spiro atoms. The summed E-state index contributed by atoms with van der Waals surface area (Å²) in [5.41, 5.74) is 3.25. The van der Waals surface area contributed by atoms with Crippen molar-refractivity contribution in [3.8, 4) is 11.5 Å². The lowest BCUT2D eigenvalue weighted by molar-refractivity contribution is -0.125. The van der Waals surface area contributed by atoms with E-state index in [1.807, 2.05) is 48.5 Å².